The van der Waals surface area contributed by atoms with Crippen molar-refractivity contribution in [2.75, 3.05) is 0 Å². The first-order chi connectivity index (χ1) is 16.8. The maximum atomic E-state index is 14.9. The van der Waals surface area contributed by atoms with Gasteiger partial charge in [0, 0.05) is 34.6 Å². The number of nitrogens with zero attached hydrogens (tertiary/aromatic N) is 6. The largest absolute Gasteiger partial charge is 0.381 e. The zero-order chi connectivity index (χ0) is 24.7. The standard InChI is InChI=1S/C24H19ClF2N6O2/c1-15(24(35,12-31-14-28-13-29-31)19-7-6-18(26)10-20(19)27)32-9-8-22-30-21(11-33(22)23(32)34)16-2-4-17(25)5-3-16/h2-11,13-15,35H,12H2,1H3/t15-,24-/m1/s1. The normalized spacial score (nSPS) is 14.2. The van der Waals surface area contributed by atoms with E-state index in [2.05, 4.69) is 15.1 Å². The number of fused-ring (bicyclic) bond motifs is 1. The molecule has 0 fully saturated rings. The van der Waals surface area contributed by atoms with E-state index in [4.69, 9.17) is 11.6 Å². The SMILES string of the molecule is C[C@@H](n1ccc2nc(-c3ccc(Cl)cc3)cn2c1=O)[C@](O)(Cn1cncn1)c1ccc(F)cc1F. The molecule has 3 heterocycles. The lowest BCUT2D eigenvalue weighted by Crippen LogP contribution is -2.44. The smallest absolute Gasteiger partial charge is 0.334 e. The van der Waals surface area contributed by atoms with Gasteiger partial charge in [-0.15, -0.1) is 0 Å². The Kier molecular flexibility index (Phi) is 5.70. The number of rotatable bonds is 6. The summed E-state index contributed by atoms with van der Waals surface area (Å²) in [5.74, 6) is -1.73. The monoisotopic (exact) mass is 496 g/mol. The highest BCUT2D eigenvalue weighted by molar-refractivity contribution is 6.30. The van der Waals surface area contributed by atoms with Crippen molar-refractivity contribution in [2.24, 2.45) is 0 Å². The summed E-state index contributed by atoms with van der Waals surface area (Å²) in [6.07, 6.45) is 5.70. The van der Waals surface area contributed by atoms with Crippen LogP contribution >= 0.6 is 11.6 Å². The summed E-state index contributed by atoms with van der Waals surface area (Å²) in [4.78, 5) is 21.8. The highest BCUT2D eigenvalue weighted by atomic mass is 35.5. The molecule has 11 heteroatoms. The van der Waals surface area contributed by atoms with Crippen LogP contribution in [0.4, 0.5) is 8.78 Å². The van der Waals surface area contributed by atoms with Crippen molar-refractivity contribution >= 4 is 17.2 Å². The topological polar surface area (TPSA) is 90.2 Å². The first-order valence-electron chi connectivity index (χ1n) is 10.6. The van der Waals surface area contributed by atoms with Gasteiger partial charge < -0.3 is 5.11 Å². The van der Waals surface area contributed by atoms with Crippen LogP contribution in [0.1, 0.15) is 18.5 Å². The van der Waals surface area contributed by atoms with E-state index in [0.717, 1.165) is 17.7 Å². The minimum absolute atomic E-state index is 0.179. The van der Waals surface area contributed by atoms with Crippen LogP contribution in [-0.2, 0) is 12.1 Å². The van der Waals surface area contributed by atoms with Gasteiger partial charge in [0.2, 0.25) is 0 Å². The second-order valence-corrected chi connectivity index (χ2v) is 8.62. The van der Waals surface area contributed by atoms with Crippen LogP contribution in [0.5, 0.6) is 0 Å². The third-order valence-corrected chi connectivity index (χ3v) is 6.31. The Morgan fingerprint density at radius 2 is 1.91 bits per heavy atom. The van der Waals surface area contributed by atoms with E-state index < -0.39 is 29.0 Å². The molecule has 0 aliphatic rings. The van der Waals surface area contributed by atoms with E-state index in [0.29, 0.717) is 22.4 Å². The number of aromatic nitrogens is 6. The number of hydrogen-bond acceptors (Lipinski definition) is 5. The summed E-state index contributed by atoms with van der Waals surface area (Å²) in [6.45, 7) is 1.34. The number of imidazole rings is 1. The molecule has 0 amide bonds. The van der Waals surface area contributed by atoms with Gasteiger partial charge in [0.25, 0.3) is 0 Å². The summed E-state index contributed by atoms with van der Waals surface area (Å²) in [5, 5.41) is 16.4. The summed E-state index contributed by atoms with van der Waals surface area (Å²) in [5.41, 5.74) is -0.928. The predicted octanol–water partition coefficient (Wildman–Crippen LogP) is 3.84. The molecular weight excluding hydrogens is 478 g/mol. The summed E-state index contributed by atoms with van der Waals surface area (Å²) in [6, 6.07) is 10.6. The quantitative estimate of drug-likeness (QED) is 0.386. The molecule has 0 aliphatic heterocycles. The Labute approximate surface area is 202 Å². The zero-order valence-corrected chi connectivity index (χ0v) is 19.1. The first-order valence-corrected chi connectivity index (χ1v) is 11.0. The average Bonchev–Trinajstić information content (AvgIpc) is 3.49. The maximum Gasteiger partial charge on any atom is 0.334 e. The third-order valence-electron chi connectivity index (χ3n) is 6.06. The van der Waals surface area contributed by atoms with Crippen LogP contribution in [0.2, 0.25) is 5.02 Å². The molecule has 0 bridgehead atoms. The first kappa shape index (κ1) is 22.9. The maximum absolute atomic E-state index is 14.9. The summed E-state index contributed by atoms with van der Waals surface area (Å²) >= 11 is 5.96. The molecule has 2 aromatic carbocycles. The molecule has 0 radical (unpaired) electrons. The Hall–Kier alpha value is -3.89. The average molecular weight is 497 g/mol. The molecule has 178 valence electrons. The molecule has 0 spiro atoms. The fraction of sp³-hybridized carbons (Fsp3) is 0.167. The van der Waals surface area contributed by atoms with Crippen LogP contribution in [0, 0.1) is 11.6 Å². The molecule has 5 rings (SSSR count). The molecule has 35 heavy (non-hydrogen) atoms. The van der Waals surface area contributed by atoms with E-state index in [1.807, 2.05) is 0 Å². The van der Waals surface area contributed by atoms with Crippen molar-refractivity contribution in [1.82, 2.24) is 28.7 Å². The number of halogens is 3. The van der Waals surface area contributed by atoms with Gasteiger partial charge in [-0.05, 0) is 31.2 Å². The number of aliphatic hydroxyl groups is 1. The van der Waals surface area contributed by atoms with Gasteiger partial charge in [-0.1, -0.05) is 29.8 Å². The zero-order valence-electron chi connectivity index (χ0n) is 18.4. The molecule has 0 saturated carbocycles. The minimum Gasteiger partial charge on any atom is -0.381 e. The Bertz CT molecular complexity index is 1570. The lowest BCUT2D eigenvalue weighted by molar-refractivity contribution is -0.0346. The van der Waals surface area contributed by atoms with Crippen molar-refractivity contribution in [3.8, 4) is 11.3 Å². The molecule has 5 aromatic rings. The van der Waals surface area contributed by atoms with Crippen molar-refractivity contribution < 1.29 is 13.9 Å². The summed E-state index contributed by atoms with van der Waals surface area (Å²) in [7, 11) is 0. The molecule has 3 aromatic heterocycles. The second kappa shape index (κ2) is 8.71. The highest BCUT2D eigenvalue weighted by Gasteiger charge is 2.41. The number of hydrogen-bond donors (Lipinski definition) is 1. The van der Waals surface area contributed by atoms with Gasteiger partial charge in [0.1, 0.15) is 35.5 Å². The van der Waals surface area contributed by atoms with E-state index in [1.165, 1.54) is 32.5 Å². The van der Waals surface area contributed by atoms with Crippen LogP contribution < -0.4 is 5.69 Å². The molecule has 2 atom stereocenters. The lowest BCUT2D eigenvalue weighted by Gasteiger charge is -2.35. The molecule has 0 unspecified atom stereocenters. The predicted molar refractivity (Wildman–Crippen MR) is 125 cm³/mol. The van der Waals surface area contributed by atoms with Gasteiger partial charge >= 0.3 is 5.69 Å². The van der Waals surface area contributed by atoms with Crippen molar-refractivity contribution in [2.45, 2.75) is 25.1 Å². The third kappa shape index (κ3) is 4.11. The molecule has 0 aliphatic carbocycles. The van der Waals surface area contributed by atoms with Crippen LogP contribution in [-0.4, -0.2) is 33.8 Å². The van der Waals surface area contributed by atoms with Crippen LogP contribution in [0.15, 0.2) is 78.4 Å². The Balaban J connectivity index is 1.62. The van der Waals surface area contributed by atoms with Crippen LogP contribution in [0.3, 0.4) is 0 Å². The van der Waals surface area contributed by atoms with Gasteiger partial charge in [0.05, 0.1) is 18.3 Å². The fourth-order valence-corrected chi connectivity index (χ4v) is 4.26. The lowest BCUT2D eigenvalue weighted by atomic mass is 9.86. The van der Waals surface area contributed by atoms with Gasteiger partial charge in [0.15, 0.2) is 0 Å². The number of benzene rings is 2. The Morgan fingerprint density at radius 3 is 2.60 bits per heavy atom. The van der Waals surface area contributed by atoms with E-state index >= 15 is 0 Å². The molecular formula is C24H19ClF2N6O2. The van der Waals surface area contributed by atoms with Gasteiger partial charge in [-0.25, -0.2) is 28.2 Å². The summed E-state index contributed by atoms with van der Waals surface area (Å²) < 4.78 is 32.4. The minimum atomic E-state index is -1.98. The van der Waals surface area contributed by atoms with Crippen molar-refractivity contribution in [3.63, 3.8) is 0 Å². The fourth-order valence-electron chi connectivity index (χ4n) is 4.13. The molecule has 8 nitrogen and oxygen atoms in total. The molecule has 1 N–H and O–H groups in total. The van der Waals surface area contributed by atoms with E-state index in [1.54, 1.807) is 43.5 Å². The molecule has 0 saturated heterocycles. The van der Waals surface area contributed by atoms with Gasteiger partial charge in [-0.3, -0.25) is 8.97 Å². The second-order valence-electron chi connectivity index (χ2n) is 8.18. The van der Waals surface area contributed by atoms with Crippen LogP contribution in [0.25, 0.3) is 16.9 Å². The van der Waals surface area contributed by atoms with Crippen molar-refractivity contribution in [3.05, 3.63) is 106 Å². The van der Waals surface area contributed by atoms with Crippen molar-refractivity contribution in [1.29, 1.82) is 0 Å². The van der Waals surface area contributed by atoms with E-state index in [9.17, 15) is 18.7 Å². The van der Waals surface area contributed by atoms with E-state index in [-0.39, 0.29) is 12.1 Å². The Morgan fingerprint density at radius 1 is 1.14 bits per heavy atom. The highest BCUT2D eigenvalue weighted by Crippen LogP contribution is 2.36. The van der Waals surface area contributed by atoms with Gasteiger partial charge in [-0.2, -0.15) is 5.10 Å².